The molecule has 0 spiro atoms. The van der Waals surface area contributed by atoms with E-state index >= 15 is 0 Å². The Hall–Kier alpha value is -3.68. The number of Topliss-reactive ketones (excluding diaryl/α,β-unsaturated/α-hetero) is 1. The van der Waals surface area contributed by atoms with E-state index in [1.807, 2.05) is 6.08 Å². The van der Waals surface area contributed by atoms with Crippen LogP contribution in [0.2, 0.25) is 0 Å². The van der Waals surface area contributed by atoms with Gasteiger partial charge in [0.15, 0.2) is 5.01 Å². The summed E-state index contributed by atoms with van der Waals surface area (Å²) in [5.41, 5.74) is 0.265. The minimum Gasteiger partial charge on any atom is -0.290 e. The van der Waals surface area contributed by atoms with Crippen LogP contribution in [0.3, 0.4) is 0 Å². The summed E-state index contributed by atoms with van der Waals surface area (Å²) in [6.45, 7) is -0.297. The van der Waals surface area contributed by atoms with Crippen molar-refractivity contribution in [3.8, 4) is 5.69 Å². The summed E-state index contributed by atoms with van der Waals surface area (Å²) >= 11 is 1.13. The van der Waals surface area contributed by atoms with Gasteiger partial charge in [-0.15, -0.1) is 11.3 Å². The lowest BCUT2D eigenvalue weighted by Crippen LogP contribution is -2.53. The minimum atomic E-state index is -4.71. The van der Waals surface area contributed by atoms with Crippen LogP contribution in [0.15, 0.2) is 76.8 Å². The number of halogens is 4. The minimum absolute atomic E-state index is 0.0304. The van der Waals surface area contributed by atoms with Gasteiger partial charge in [-0.25, -0.2) is 22.5 Å². The molecule has 0 radical (unpaired) electrons. The van der Waals surface area contributed by atoms with Gasteiger partial charge in [0.2, 0.25) is 15.8 Å². The highest BCUT2D eigenvalue weighted by atomic mass is 32.2. The Kier molecular flexibility index (Phi) is 6.28. The van der Waals surface area contributed by atoms with E-state index in [1.165, 1.54) is 18.3 Å². The maximum atomic E-state index is 14.0. The van der Waals surface area contributed by atoms with E-state index in [4.69, 9.17) is 0 Å². The van der Waals surface area contributed by atoms with Crippen molar-refractivity contribution in [2.24, 2.45) is 5.41 Å². The van der Waals surface area contributed by atoms with Crippen molar-refractivity contribution in [1.29, 1.82) is 0 Å². The number of sulfonamides is 1. The molecule has 1 saturated heterocycles. The number of carbonyl (C=O) groups excluding carboxylic acids is 1. The SMILES string of the molecule is O=C(c1nccs1)[C@]12Cc3cnn(-c4ccc(F)cc4)c3C=C1CCN(S(=O)(=O)c1cccc(C(F)(F)F)c1)C2. The Bertz CT molecular complexity index is 1750. The quantitative estimate of drug-likeness (QED) is 0.231. The number of piperidine rings is 1. The maximum Gasteiger partial charge on any atom is 0.416 e. The highest BCUT2D eigenvalue weighted by Crippen LogP contribution is 2.47. The van der Waals surface area contributed by atoms with Crippen molar-refractivity contribution >= 4 is 33.2 Å². The number of thiazole rings is 1. The van der Waals surface area contributed by atoms with E-state index in [2.05, 4.69) is 10.1 Å². The van der Waals surface area contributed by atoms with Crippen LogP contribution in [0.4, 0.5) is 17.6 Å². The average Bonchev–Trinajstić information content (AvgIpc) is 3.61. The summed E-state index contributed by atoms with van der Waals surface area (Å²) in [7, 11) is -4.37. The van der Waals surface area contributed by atoms with Gasteiger partial charge in [-0.1, -0.05) is 11.6 Å². The molecule has 1 aliphatic heterocycles. The van der Waals surface area contributed by atoms with E-state index in [0.717, 1.165) is 33.8 Å². The molecule has 206 valence electrons. The first-order valence-electron chi connectivity index (χ1n) is 12.1. The number of hydrogen-bond donors (Lipinski definition) is 0. The van der Waals surface area contributed by atoms with Crippen molar-refractivity contribution in [2.45, 2.75) is 23.9 Å². The molecular weight excluding hydrogens is 568 g/mol. The zero-order chi connectivity index (χ0) is 28.3. The topological polar surface area (TPSA) is 85.2 Å². The second-order valence-electron chi connectivity index (χ2n) is 9.65. The molecule has 40 heavy (non-hydrogen) atoms. The molecule has 0 N–H and O–H groups in total. The Morgan fingerprint density at radius 3 is 2.58 bits per heavy atom. The van der Waals surface area contributed by atoms with Crippen LogP contribution >= 0.6 is 11.3 Å². The standard InChI is InChI=1S/C27H20F4N4O3S2/c28-20-4-6-21(7-5-20)35-23-13-18-8-10-34(40(37,38)22-3-1-2-19(12-22)27(29,30)31)16-26(18,14-17(23)15-33-35)24(36)25-32-9-11-39-25/h1-7,9,11-13,15H,8,10,14,16H2/t26-/m0/s1. The van der Waals surface area contributed by atoms with Gasteiger partial charge in [0.1, 0.15) is 5.82 Å². The van der Waals surface area contributed by atoms with Gasteiger partial charge in [0.25, 0.3) is 0 Å². The third-order valence-corrected chi connectivity index (χ3v) is 9.93. The molecule has 4 aromatic rings. The second kappa shape index (κ2) is 9.46. The van der Waals surface area contributed by atoms with Crippen molar-refractivity contribution in [2.75, 3.05) is 13.1 Å². The van der Waals surface area contributed by atoms with Crippen molar-refractivity contribution in [3.63, 3.8) is 0 Å². The number of rotatable bonds is 5. The number of benzene rings is 2. The lowest BCUT2D eigenvalue weighted by atomic mass is 9.66. The average molecular weight is 589 g/mol. The molecule has 6 rings (SSSR count). The van der Waals surface area contributed by atoms with Gasteiger partial charge in [-0.05, 0) is 66.9 Å². The first-order valence-corrected chi connectivity index (χ1v) is 14.5. The van der Waals surface area contributed by atoms with Gasteiger partial charge in [-0.2, -0.15) is 22.6 Å². The van der Waals surface area contributed by atoms with Crippen molar-refractivity contribution < 1.29 is 30.8 Å². The van der Waals surface area contributed by atoms with E-state index in [1.54, 1.807) is 28.4 Å². The fourth-order valence-corrected chi connectivity index (χ4v) is 7.55. The summed E-state index contributed by atoms with van der Waals surface area (Å²) in [5, 5.41) is 6.30. The molecule has 13 heteroatoms. The number of hydrogen-bond acceptors (Lipinski definition) is 6. The van der Waals surface area contributed by atoms with Crippen LogP contribution in [0, 0.1) is 11.2 Å². The van der Waals surface area contributed by atoms with E-state index < -0.39 is 37.9 Å². The van der Waals surface area contributed by atoms with Crippen molar-refractivity contribution in [1.82, 2.24) is 19.1 Å². The maximum absolute atomic E-state index is 14.0. The number of nitrogens with zero attached hydrogens (tertiary/aromatic N) is 4. The van der Waals surface area contributed by atoms with Gasteiger partial charge < -0.3 is 0 Å². The summed E-state index contributed by atoms with van der Waals surface area (Å²) in [4.78, 5) is 17.7. The molecule has 1 fully saturated rings. The smallest absolute Gasteiger partial charge is 0.290 e. The number of carbonyl (C=O) groups is 1. The van der Waals surface area contributed by atoms with Crippen LogP contribution in [0.25, 0.3) is 11.8 Å². The third-order valence-electron chi connectivity index (χ3n) is 7.31. The van der Waals surface area contributed by atoms with Crippen LogP contribution < -0.4 is 0 Å². The third kappa shape index (κ3) is 4.38. The van der Waals surface area contributed by atoms with Gasteiger partial charge in [0, 0.05) is 24.7 Å². The fourth-order valence-electron chi connectivity index (χ4n) is 5.33. The Balaban J connectivity index is 1.42. The highest BCUT2D eigenvalue weighted by molar-refractivity contribution is 7.89. The predicted octanol–water partition coefficient (Wildman–Crippen LogP) is 5.39. The Labute approximate surface area is 230 Å². The van der Waals surface area contributed by atoms with Gasteiger partial charge in [-0.3, -0.25) is 4.79 Å². The molecule has 1 aliphatic carbocycles. The van der Waals surface area contributed by atoms with E-state index in [0.29, 0.717) is 28.6 Å². The van der Waals surface area contributed by atoms with Gasteiger partial charge in [0.05, 0.1) is 33.5 Å². The number of fused-ring (bicyclic) bond motifs is 2. The zero-order valence-corrected chi connectivity index (χ0v) is 22.2. The Morgan fingerprint density at radius 1 is 1.10 bits per heavy atom. The zero-order valence-electron chi connectivity index (χ0n) is 20.6. The molecule has 1 atom stereocenters. The van der Waals surface area contributed by atoms with Crippen LogP contribution in [-0.2, 0) is 22.6 Å². The lowest BCUT2D eigenvalue weighted by Gasteiger charge is -2.44. The summed E-state index contributed by atoms with van der Waals surface area (Å²) in [6, 6.07) is 9.38. The first kappa shape index (κ1) is 26.5. The fraction of sp³-hybridized carbons (Fsp3) is 0.222. The number of alkyl halides is 3. The molecule has 0 amide bonds. The van der Waals surface area contributed by atoms with Crippen LogP contribution in [0.1, 0.15) is 33.0 Å². The van der Waals surface area contributed by atoms with Crippen LogP contribution in [0.5, 0.6) is 0 Å². The largest absolute Gasteiger partial charge is 0.416 e. The van der Waals surface area contributed by atoms with E-state index in [9.17, 15) is 30.8 Å². The molecule has 2 aromatic carbocycles. The first-order chi connectivity index (χ1) is 19.0. The normalized spacial score (nSPS) is 19.6. The molecule has 0 unspecified atom stereocenters. The predicted molar refractivity (Wildman–Crippen MR) is 139 cm³/mol. The highest BCUT2D eigenvalue weighted by Gasteiger charge is 2.51. The lowest BCUT2D eigenvalue weighted by molar-refractivity contribution is -0.137. The van der Waals surface area contributed by atoms with Gasteiger partial charge >= 0.3 is 6.18 Å². The van der Waals surface area contributed by atoms with Crippen LogP contribution in [-0.4, -0.2) is 46.4 Å². The molecular formula is C27H20F4N4O3S2. The summed E-state index contributed by atoms with van der Waals surface area (Å²) < 4.78 is 83.5. The molecule has 7 nitrogen and oxygen atoms in total. The Morgan fingerprint density at radius 2 is 1.88 bits per heavy atom. The molecule has 3 heterocycles. The van der Waals surface area contributed by atoms with Crippen molar-refractivity contribution in [3.05, 3.63) is 99.5 Å². The molecule has 0 saturated carbocycles. The summed E-state index contributed by atoms with van der Waals surface area (Å²) in [6.07, 6.45) is 0.457. The number of ketones is 1. The monoisotopic (exact) mass is 588 g/mol. The second-order valence-corrected chi connectivity index (χ2v) is 12.5. The summed E-state index contributed by atoms with van der Waals surface area (Å²) in [5.74, 6) is -0.761. The molecule has 2 aliphatic rings. The van der Waals surface area contributed by atoms with E-state index in [-0.39, 0.29) is 36.7 Å². The molecule has 2 aromatic heterocycles. The molecule has 0 bridgehead atoms. The number of aromatic nitrogens is 3.